The second-order valence-electron chi connectivity index (χ2n) is 8.01. The molecule has 0 radical (unpaired) electrons. The number of H-pyrrole nitrogens is 1. The van der Waals surface area contributed by atoms with E-state index in [-0.39, 0.29) is 11.9 Å². The molecular formula is C23H22Cl2N6O2. The van der Waals surface area contributed by atoms with E-state index >= 15 is 0 Å². The number of carbonyl (C=O) groups excluding carboxylic acids is 1. The zero-order valence-electron chi connectivity index (χ0n) is 17.9. The Morgan fingerprint density at radius 3 is 2.79 bits per heavy atom. The molecule has 2 aromatic heterocycles. The fraction of sp³-hybridized carbons (Fsp3) is 0.304. The quantitative estimate of drug-likeness (QED) is 0.406. The SMILES string of the molecule is COCC(Nc1ncnc2cc(C(=O)N3CCCC3)c(Cl)cc12)c1nc2ccc(Cl)cc2[nH]1. The van der Waals surface area contributed by atoms with Gasteiger partial charge >= 0.3 is 0 Å². The maximum atomic E-state index is 12.9. The van der Waals surface area contributed by atoms with Gasteiger partial charge in [0, 0.05) is 30.6 Å². The van der Waals surface area contributed by atoms with Gasteiger partial charge in [-0.3, -0.25) is 4.79 Å². The number of nitrogens with one attached hydrogen (secondary N) is 2. The molecule has 4 aromatic rings. The normalized spacial score (nSPS) is 14.8. The fourth-order valence-electron chi connectivity index (χ4n) is 4.13. The van der Waals surface area contributed by atoms with Crippen LogP contribution in [0.3, 0.4) is 0 Å². The number of amides is 1. The van der Waals surface area contributed by atoms with Gasteiger partial charge in [0.1, 0.15) is 24.0 Å². The molecule has 1 fully saturated rings. The van der Waals surface area contributed by atoms with E-state index in [9.17, 15) is 4.79 Å². The van der Waals surface area contributed by atoms with E-state index in [4.69, 9.17) is 27.9 Å². The van der Waals surface area contributed by atoms with Crippen LogP contribution in [0, 0.1) is 0 Å². The lowest BCUT2D eigenvalue weighted by Crippen LogP contribution is -2.27. The lowest BCUT2D eigenvalue weighted by atomic mass is 10.1. The third kappa shape index (κ3) is 4.34. The minimum Gasteiger partial charge on any atom is -0.382 e. The number of methoxy groups -OCH3 is 1. The van der Waals surface area contributed by atoms with Crippen molar-refractivity contribution in [3.05, 3.63) is 58.1 Å². The Bertz CT molecular complexity index is 1340. The minimum atomic E-state index is -0.316. The third-order valence-electron chi connectivity index (χ3n) is 5.78. The molecule has 2 aromatic carbocycles. The molecule has 8 nitrogen and oxygen atoms in total. The van der Waals surface area contributed by atoms with Gasteiger partial charge < -0.3 is 19.9 Å². The summed E-state index contributed by atoms with van der Waals surface area (Å²) in [7, 11) is 1.62. The van der Waals surface area contributed by atoms with Crippen molar-refractivity contribution in [2.75, 3.05) is 32.1 Å². The van der Waals surface area contributed by atoms with Crippen LogP contribution in [0.15, 0.2) is 36.7 Å². The smallest absolute Gasteiger partial charge is 0.255 e. The standard InChI is InChI=1S/C23H22Cl2N6O2/c1-33-11-20(22-28-17-5-4-13(24)8-19(17)29-22)30-21-15-9-16(25)14(10-18(15)26-12-27-21)23(32)31-6-2-3-7-31/h4-5,8-10,12,20H,2-3,6-7,11H2,1H3,(H,28,29)(H,26,27,30). The van der Waals surface area contributed by atoms with Crippen molar-refractivity contribution >= 4 is 56.9 Å². The van der Waals surface area contributed by atoms with Crippen LogP contribution in [0.2, 0.25) is 10.0 Å². The lowest BCUT2D eigenvalue weighted by Gasteiger charge is -2.19. The zero-order valence-corrected chi connectivity index (χ0v) is 19.5. The van der Waals surface area contributed by atoms with Crippen molar-refractivity contribution < 1.29 is 9.53 Å². The largest absolute Gasteiger partial charge is 0.382 e. The van der Waals surface area contributed by atoms with Gasteiger partial charge in [-0.2, -0.15) is 0 Å². The molecule has 1 amide bonds. The Morgan fingerprint density at radius 2 is 2.00 bits per heavy atom. The number of aromatic nitrogens is 4. The summed E-state index contributed by atoms with van der Waals surface area (Å²) >= 11 is 12.7. The molecule has 0 saturated carbocycles. The van der Waals surface area contributed by atoms with Crippen LogP contribution >= 0.6 is 23.2 Å². The highest BCUT2D eigenvalue weighted by atomic mass is 35.5. The van der Waals surface area contributed by atoms with Gasteiger partial charge in [-0.1, -0.05) is 23.2 Å². The van der Waals surface area contributed by atoms with Crippen LogP contribution in [0.4, 0.5) is 5.82 Å². The maximum Gasteiger partial charge on any atom is 0.255 e. The lowest BCUT2D eigenvalue weighted by molar-refractivity contribution is 0.0793. The molecule has 33 heavy (non-hydrogen) atoms. The number of likely N-dealkylation sites (tertiary alicyclic amines) is 1. The van der Waals surface area contributed by atoms with Crippen LogP contribution in [-0.4, -0.2) is 57.5 Å². The second-order valence-corrected chi connectivity index (χ2v) is 8.85. The molecule has 10 heteroatoms. The number of imidazole rings is 1. The third-order valence-corrected chi connectivity index (χ3v) is 6.33. The highest BCUT2D eigenvalue weighted by Crippen LogP contribution is 2.30. The number of halogens is 2. The number of ether oxygens (including phenoxy) is 1. The number of hydrogen-bond acceptors (Lipinski definition) is 6. The number of rotatable bonds is 6. The fourth-order valence-corrected chi connectivity index (χ4v) is 4.55. The van der Waals surface area contributed by atoms with Crippen LogP contribution in [0.1, 0.15) is 35.1 Å². The molecule has 1 atom stereocenters. The van der Waals surface area contributed by atoms with E-state index in [1.807, 2.05) is 17.0 Å². The second kappa shape index (κ2) is 9.13. The highest BCUT2D eigenvalue weighted by Gasteiger charge is 2.23. The van der Waals surface area contributed by atoms with Crippen molar-refractivity contribution in [1.82, 2.24) is 24.8 Å². The van der Waals surface area contributed by atoms with Crippen LogP contribution in [-0.2, 0) is 4.74 Å². The van der Waals surface area contributed by atoms with E-state index in [1.54, 1.807) is 25.3 Å². The summed E-state index contributed by atoms with van der Waals surface area (Å²) in [6.45, 7) is 1.86. The number of aromatic amines is 1. The number of carbonyl (C=O) groups is 1. The topological polar surface area (TPSA) is 96.0 Å². The molecule has 0 bridgehead atoms. The highest BCUT2D eigenvalue weighted by molar-refractivity contribution is 6.35. The molecule has 0 spiro atoms. The van der Waals surface area contributed by atoms with E-state index in [2.05, 4.69) is 25.3 Å². The summed E-state index contributed by atoms with van der Waals surface area (Å²) < 4.78 is 5.43. The first-order valence-electron chi connectivity index (χ1n) is 10.7. The summed E-state index contributed by atoms with van der Waals surface area (Å²) in [6, 6.07) is 8.65. The van der Waals surface area contributed by atoms with Crippen LogP contribution < -0.4 is 5.32 Å². The molecule has 1 unspecified atom stereocenters. The molecule has 1 saturated heterocycles. The van der Waals surface area contributed by atoms with Gasteiger partial charge in [0.25, 0.3) is 5.91 Å². The number of fused-ring (bicyclic) bond motifs is 2. The van der Waals surface area contributed by atoms with Crippen LogP contribution in [0.25, 0.3) is 21.9 Å². The summed E-state index contributed by atoms with van der Waals surface area (Å²) in [5.74, 6) is 1.20. The molecule has 1 aliphatic rings. The Labute approximate surface area is 200 Å². The van der Waals surface area contributed by atoms with Gasteiger partial charge in [0.05, 0.1) is 33.7 Å². The van der Waals surface area contributed by atoms with E-state index in [1.165, 1.54) is 6.33 Å². The Kier molecular flexibility index (Phi) is 6.05. The maximum absolute atomic E-state index is 12.9. The van der Waals surface area contributed by atoms with Crippen LogP contribution in [0.5, 0.6) is 0 Å². The monoisotopic (exact) mass is 484 g/mol. The predicted octanol–water partition coefficient (Wildman–Crippen LogP) is 4.85. The first kappa shape index (κ1) is 21.9. The first-order chi connectivity index (χ1) is 16.0. The van der Waals surface area contributed by atoms with Gasteiger partial charge in [-0.15, -0.1) is 0 Å². The average Bonchev–Trinajstić information content (AvgIpc) is 3.48. The van der Waals surface area contributed by atoms with Gasteiger partial charge in [-0.25, -0.2) is 15.0 Å². The van der Waals surface area contributed by atoms with Crippen molar-refractivity contribution in [1.29, 1.82) is 0 Å². The summed E-state index contributed by atoms with van der Waals surface area (Å²) in [6.07, 6.45) is 3.50. The molecule has 0 aliphatic carbocycles. The first-order valence-corrected chi connectivity index (χ1v) is 11.4. The molecule has 2 N–H and O–H groups in total. The van der Waals surface area contributed by atoms with Crippen molar-refractivity contribution in [2.24, 2.45) is 0 Å². The van der Waals surface area contributed by atoms with E-state index in [0.717, 1.165) is 37.0 Å². The van der Waals surface area contributed by atoms with Gasteiger partial charge in [0.2, 0.25) is 0 Å². The summed E-state index contributed by atoms with van der Waals surface area (Å²) in [4.78, 5) is 31.5. The van der Waals surface area contributed by atoms with Crippen molar-refractivity contribution in [3.63, 3.8) is 0 Å². The number of nitrogens with zero attached hydrogens (tertiary/aromatic N) is 4. The molecule has 3 heterocycles. The zero-order chi connectivity index (χ0) is 22.9. The Hall–Kier alpha value is -2.94. The summed E-state index contributed by atoms with van der Waals surface area (Å²) in [5, 5.41) is 5.10. The van der Waals surface area contributed by atoms with E-state index in [0.29, 0.717) is 44.8 Å². The van der Waals surface area contributed by atoms with Gasteiger partial charge in [0.15, 0.2) is 0 Å². The minimum absolute atomic E-state index is 0.0642. The average molecular weight is 485 g/mol. The molecule has 5 rings (SSSR count). The summed E-state index contributed by atoms with van der Waals surface area (Å²) in [5.41, 5.74) is 2.73. The van der Waals surface area contributed by atoms with E-state index < -0.39 is 0 Å². The molecule has 1 aliphatic heterocycles. The van der Waals surface area contributed by atoms with Gasteiger partial charge in [-0.05, 0) is 43.2 Å². The number of hydrogen-bond donors (Lipinski definition) is 2. The number of benzene rings is 2. The molecule has 170 valence electrons. The Morgan fingerprint density at radius 1 is 1.18 bits per heavy atom. The predicted molar refractivity (Wildman–Crippen MR) is 129 cm³/mol. The Balaban J connectivity index is 1.49. The molecular weight excluding hydrogens is 463 g/mol. The van der Waals surface area contributed by atoms with Crippen molar-refractivity contribution in [3.8, 4) is 0 Å². The number of anilines is 1. The van der Waals surface area contributed by atoms with Crippen molar-refractivity contribution in [2.45, 2.75) is 18.9 Å².